The van der Waals surface area contributed by atoms with Crippen LogP contribution in [-0.2, 0) is 0 Å². The number of nitrogens with two attached hydrogens (primary N) is 1. The summed E-state index contributed by atoms with van der Waals surface area (Å²) in [5.41, 5.74) is 8.12. The van der Waals surface area contributed by atoms with E-state index in [1.165, 1.54) is 6.20 Å². The monoisotopic (exact) mass is 176 g/mol. The molecule has 3 N–H and O–H groups in total. The molecule has 0 saturated carbocycles. The molecule has 3 heteroatoms. The Morgan fingerprint density at radius 2 is 2.38 bits per heavy atom. The van der Waals surface area contributed by atoms with Crippen LogP contribution >= 0.6 is 0 Å². The minimum atomic E-state index is -0.113. The molecule has 0 unspecified atom stereocenters. The van der Waals surface area contributed by atoms with E-state index in [0.29, 0.717) is 17.0 Å². The number of hydrogen-bond donors (Lipinski definition) is 2. The molecule has 0 spiro atoms. The number of anilines is 1. The summed E-state index contributed by atoms with van der Waals surface area (Å²) in [5, 5.41) is 8.87. The Hall–Kier alpha value is -1.61. The summed E-state index contributed by atoms with van der Waals surface area (Å²) in [6.45, 7) is 7.20. The Morgan fingerprint density at radius 3 is 2.92 bits per heavy atom. The maximum Gasteiger partial charge on any atom is 0.0752 e. The molecule has 0 aliphatic rings. The fourth-order valence-electron chi connectivity index (χ4n) is 1.02. The molecule has 0 atom stereocenters. The van der Waals surface area contributed by atoms with E-state index in [0.717, 1.165) is 5.56 Å². The summed E-state index contributed by atoms with van der Waals surface area (Å²) in [6, 6.07) is 1.75. The molecule has 0 fully saturated rings. The average molecular weight is 176 g/mol. The highest BCUT2D eigenvalue weighted by Crippen LogP contribution is 2.17. The number of pyridine rings is 1. The molecule has 0 aromatic carbocycles. The first-order valence-electron chi connectivity index (χ1n) is 3.86. The first-order chi connectivity index (χ1) is 6.19. The fraction of sp³-hybridized carbons (Fsp3) is 0.100. The summed E-state index contributed by atoms with van der Waals surface area (Å²) in [7, 11) is 0. The van der Waals surface area contributed by atoms with Gasteiger partial charge in [0.1, 0.15) is 0 Å². The van der Waals surface area contributed by atoms with E-state index in [9.17, 15) is 0 Å². The number of hydrogen-bond acceptors (Lipinski definition) is 3. The minimum Gasteiger partial charge on any atom is -0.397 e. The van der Waals surface area contributed by atoms with Gasteiger partial charge in [-0.3, -0.25) is 4.98 Å². The van der Waals surface area contributed by atoms with E-state index in [2.05, 4.69) is 18.1 Å². The molecular formula is C10H12N2O. The quantitative estimate of drug-likeness (QED) is 0.730. The van der Waals surface area contributed by atoms with Gasteiger partial charge < -0.3 is 10.8 Å². The molecular weight excluding hydrogens is 164 g/mol. The lowest BCUT2D eigenvalue weighted by Gasteiger charge is -2.06. The van der Waals surface area contributed by atoms with Crippen molar-refractivity contribution in [1.29, 1.82) is 0 Å². The van der Waals surface area contributed by atoms with E-state index in [1.807, 2.05) is 0 Å². The number of aromatic nitrogens is 1. The highest BCUT2D eigenvalue weighted by Gasteiger charge is 2.04. The molecule has 0 bridgehead atoms. The van der Waals surface area contributed by atoms with Gasteiger partial charge in [-0.1, -0.05) is 19.2 Å². The molecule has 1 aromatic rings. The summed E-state index contributed by atoms with van der Waals surface area (Å²) in [5.74, 6) is 0. The normalized spacial score (nSPS) is 9.62. The summed E-state index contributed by atoms with van der Waals surface area (Å²) in [4.78, 5) is 4.06. The molecule has 0 saturated heterocycles. The van der Waals surface area contributed by atoms with Crippen LogP contribution in [0.15, 0.2) is 25.4 Å². The first-order valence-corrected chi connectivity index (χ1v) is 3.86. The molecule has 68 valence electrons. The lowest BCUT2D eigenvalue weighted by atomic mass is 10.1. The Balaban J connectivity index is 3.20. The van der Waals surface area contributed by atoms with E-state index in [4.69, 9.17) is 10.8 Å². The smallest absolute Gasteiger partial charge is 0.0752 e. The first kappa shape index (κ1) is 9.48. The topological polar surface area (TPSA) is 59.1 Å². The lowest BCUT2D eigenvalue weighted by Crippen LogP contribution is -1.98. The van der Waals surface area contributed by atoms with Crippen LogP contribution < -0.4 is 5.73 Å². The van der Waals surface area contributed by atoms with Crippen LogP contribution in [0.3, 0.4) is 0 Å². The molecule has 0 radical (unpaired) electrons. The van der Waals surface area contributed by atoms with Crippen LogP contribution in [0.1, 0.15) is 11.3 Å². The largest absolute Gasteiger partial charge is 0.397 e. The van der Waals surface area contributed by atoms with Crippen LogP contribution in [-0.4, -0.2) is 16.7 Å². The molecule has 1 aromatic heterocycles. The summed E-state index contributed by atoms with van der Waals surface area (Å²) in [6.07, 6.45) is 3.17. The third-order valence-electron chi connectivity index (χ3n) is 1.68. The van der Waals surface area contributed by atoms with Crippen molar-refractivity contribution in [3.8, 4) is 0 Å². The summed E-state index contributed by atoms with van der Waals surface area (Å²) >= 11 is 0. The zero-order valence-corrected chi connectivity index (χ0v) is 7.33. The Labute approximate surface area is 77.2 Å². The van der Waals surface area contributed by atoms with Gasteiger partial charge in [0.15, 0.2) is 0 Å². The molecule has 1 rings (SSSR count). The molecule has 13 heavy (non-hydrogen) atoms. The maximum absolute atomic E-state index is 8.87. The third-order valence-corrected chi connectivity index (χ3v) is 1.68. The number of rotatable bonds is 3. The van der Waals surface area contributed by atoms with E-state index in [-0.39, 0.29) is 6.61 Å². The third kappa shape index (κ3) is 1.95. The zero-order chi connectivity index (χ0) is 9.84. The predicted octanol–water partition coefficient (Wildman–Crippen LogP) is 1.31. The Kier molecular flexibility index (Phi) is 2.82. The zero-order valence-electron chi connectivity index (χ0n) is 7.33. The standard InChI is InChI=1S/C10H12N2O/c1-3-8-4-9(11)5-12-10(8)7(2)6-13/h3-5,13H,1-2,6,11H2. The second kappa shape index (κ2) is 3.87. The van der Waals surface area contributed by atoms with Crippen LogP contribution in [0.4, 0.5) is 5.69 Å². The Bertz CT molecular complexity index is 345. The highest BCUT2D eigenvalue weighted by molar-refractivity contribution is 5.71. The molecule has 1 heterocycles. The molecule has 0 aliphatic carbocycles. The van der Waals surface area contributed by atoms with E-state index >= 15 is 0 Å². The van der Waals surface area contributed by atoms with Gasteiger partial charge in [0, 0.05) is 5.56 Å². The van der Waals surface area contributed by atoms with Crippen molar-refractivity contribution >= 4 is 17.3 Å². The van der Waals surface area contributed by atoms with E-state index in [1.54, 1.807) is 12.1 Å². The number of aliphatic hydroxyl groups is 1. The molecule has 0 aliphatic heterocycles. The number of aliphatic hydroxyl groups excluding tert-OH is 1. The molecule has 3 nitrogen and oxygen atoms in total. The molecule has 0 amide bonds. The van der Waals surface area contributed by atoms with Crippen molar-refractivity contribution < 1.29 is 5.11 Å². The van der Waals surface area contributed by atoms with Crippen molar-refractivity contribution in [2.75, 3.05) is 12.3 Å². The highest BCUT2D eigenvalue weighted by atomic mass is 16.3. The van der Waals surface area contributed by atoms with Gasteiger partial charge in [0.05, 0.1) is 24.2 Å². The fourth-order valence-corrected chi connectivity index (χ4v) is 1.02. The maximum atomic E-state index is 8.87. The second-order valence-electron chi connectivity index (χ2n) is 2.67. The van der Waals surface area contributed by atoms with Gasteiger partial charge in [-0.25, -0.2) is 0 Å². The van der Waals surface area contributed by atoms with E-state index < -0.39 is 0 Å². The number of nitrogen functional groups attached to an aromatic ring is 1. The number of nitrogens with zero attached hydrogens (tertiary/aromatic N) is 1. The summed E-state index contributed by atoms with van der Waals surface area (Å²) < 4.78 is 0. The van der Waals surface area contributed by atoms with Gasteiger partial charge in [0.25, 0.3) is 0 Å². The van der Waals surface area contributed by atoms with Crippen molar-refractivity contribution in [3.63, 3.8) is 0 Å². The van der Waals surface area contributed by atoms with Crippen molar-refractivity contribution in [2.45, 2.75) is 0 Å². The SMILES string of the molecule is C=Cc1cc(N)cnc1C(=C)CO. The lowest BCUT2D eigenvalue weighted by molar-refractivity contribution is 0.350. The predicted molar refractivity (Wildman–Crippen MR) is 54.9 cm³/mol. The van der Waals surface area contributed by atoms with Crippen LogP contribution in [0.2, 0.25) is 0 Å². The van der Waals surface area contributed by atoms with Crippen LogP contribution in [0.25, 0.3) is 11.6 Å². The van der Waals surface area contributed by atoms with Gasteiger partial charge in [-0.05, 0) is 11.6 Å². The average Bonchev–Trinajstić information content (AvgIpc) is 2.16. The van der Waals surface area contributed by atoms with Crippen molar-refractivity contribution in [2.24, 2.45) is 0 Å². The van der Waals surface area contributed by atoms with Crippen molar-refractivity contribution in [1.82, 2.24) is 4.98 Å². The minimum absolute atomic E-state index is 0.113. The Morgan fingerprint density at radius 1 is 1.69 bits per heavy atom. The van der Waals surface area contributed by atoms with Gasteiger partial charge in [-0.15, -0.1) is 0 Å². The second-order valence-corrected chi connectivity index (χ2v) is 2.67. The van der Waals surface area contributed by atoms with Gasteiger partial charge >= 0.3 is 0 Å². The van der Waals surface area contributed by atoms with Crippen LogP contribution in [0, 0.1) is 0 Å². The van der Waals surface area contributed by atoms with Crippen molar-refractivity contribution in [3.05, 3.63) is 36.7 Å². The van der Waals surface area contributed by atoms with Gasteiger partial charge in [0.2, 0.25) is 0 Å². The van der Waals surface area contributed by atoms with Crippen LogP contribution in [0.5, 0.6) is 0 Å². The van der Waals surface area contributed by atoms with Gasteiger partial charge in [-0.2, -0.15) is 0 Å².